The van der Waals surface area contributed by atoms with Gasteiger partial charge in [0.25, 0.3) is 0 Å². The van der Waals surface area contributed by atoms with Crippen LogP contribution in [0.2, 0.25) is 0 Å². The van der Waals surface area contributed by atoms with Crippen molar-refractivity contribution in [2.45, 2.75) is 52.9 Å². The predicted octanol–water partition coefficient (Wildman–Crippen LogP) is 5.34. The highest BCUT2D eigenvalue weighted by atomic mass is 14.3. The molecule has 0 saturated heterocycles. The first-order valence-corrected chi connectivity index (χ1v) is 7.24. The van der Waals surface area contributed by atoms with Crippen molar-refractivity contribution in [3.63, 3.8) is 0 Å². The van der Waals surface area contributed by atoms with Crippen LogP contribution in [0.5, 0.6) is 0 Å². The molecule has 0 spiro atoms. The Balaban J connectivity index is 2.07. The molecule has 0 bridgehead atoms. The Hall–Kier alpha value is -1.04. The summed E-state index contributed by atoms with van der Waals surface area (Å²) in [4.78, 5) is 0. The summed E-state index contributed by atoms with van der Waals surface area (Å²) in [5, 5.41) is 0. The molecule has 0 aromatic heterocycles. The van der Waals surface area contributed by atoms with Gasteiger partial charge in [0.05, 0.1) is 0 Å². The maximum absolute atomic E-state index is 2.40. The van der Waals surface area contributed by atoms with Crippen molar-refractivity contribution < 1.29 is 0 Å². The van der Waals surface area contributed by atoms with Crippen LogP contribution in [0, 0.1) is 11.3 Å². The standard InChI is InChI=1S/C18H26/c1-14(2)13-15-5-7-16(8-6-15)17-9-11-18(3,4)12-10-17/h5-9,11,14,17H,10,12-13H2,1-4H3. The maximum Gasteiger partial charge on any atom is 0.00184 e. The second kappa shape index (κ2) is 5.30. The average Bonchev–Trinajstić information content (AvgIpc) is 2.30. The molecule has 98 valence electrons. The molecule has 1 atom stereocenters. The van der Waals surface area contributed by atoms with E-state index in [0.717, 1.165) is 5.92 Å². The van der Waals surface area contributed by atoms with Gasteiger partial charge in [-0.15, -0.1) is 0 Å². The van der Waals surface area contributed by atoms with E-state index in [9.17, 15) is 0 Å². The van der Waals surface area contributed by atoms with E-state index in [1.54, 1.807) is 0 Å². The fourth-order valence-corrected chi connectivity index (χ4v) is 2.73. The summed E-state index contributed by atoms with van der Waals surface area (Å²) in [6.07, 6.45) is 8.56. The molecule has 1 unspecified atom stereocenters. The molecule has 1 aliphatic carbocycles. The van der Waals surface area contributed by atoms with Gasteiger partial charge in [0.1, 0.15) is 0 Å². The van der Waals surface area contributed by atoms with Gasteiger partial charge < -0.3 is 0 Å². The molecule has 2 rings (SSSR count). The lowest BCUT2D eigenvalue weighted by atomic mass is 9.77. The van der Waals surface area contributed by atoms with Crippen LogP contribution >= 0.6 is 0 Å². The monoisotopic (exact) mass is 242 g/mol. The first-order valence-electron chi connectivity index (χ1n) is 7.24. The molecule has 1 aliphatic rings. The molecule has 0 nitrogen and oxygen atoms in total. The second-order valence-electron chi connectivity index (χ2n) is 6.83. The van der Waals surface area contributed by atoms with Crippen LogP contribution in [0.25, 0.3) is 0 Å². The van der Waals surface area contributed by atoms with Gasteiger partial charge in [-0.05, 0) is 41.7 Å². The Morgan fingerprint density at radius 1 is 1.17 bits per heavy atom. The molecule has 18 heavy (non-hydrogen) atoms. The van der Waals surface area contributed by atoms with Gasteiger partial charge in [-0.25, -0.2) is 0 Å². The van der Waals surface area contributed by atoms with Crippen LogP contribution in [0.15, 0.2) is 36.4 Å². The number of hydrogen-bond acceptors (Lipinski definition) is 0. The Kier molecular flexibility index (Phi) is 3.94. The zero-order valence-corrected chi connectivity index (χ0v) is 12.2. The van der Waals surface area contributed by atoms with Gasteiger partial charge in [-0.1, -0.05) is 64.1 Å². The van der Waals surface area contributed by atoms with Crippen LogP contribution in [-0.4, -0.2) is 0 Å². The minimum absolute atomic E-state index is 0.397. The van der Waals surface area contributed by atoms with E-state index in [1.165, 1.54) is 30.4 Å². The molecule has 0 N–H and O–H groups in total. The summed E-state index contributed by atoms with van der Waals surface area (Å²) in [5.74, 6) is 1.37. The summed E-state index contributed by atoms with van der Waals surface area (Å²) in [5.41, 5.74) is 3.34. The second-order valence-corrected chi connectivity index (χ2v) is 6.83. The SMILES string of the molecule is CC(C)Cc1ccc(C2C=CC(C)(C)CC2)cc1. The lowest BCUT2D eigenvalue weighted by Gasteiger charge is -2.28. The molecule has 1 aromatic rings. The van der Waals surface area contributed by atoms with Crippen molar-refractivity contribution >= 4 is 0 Å². The quantitative estimate of drug-likeness (QED) is 0.627. The first-order chi connectivity index (χ1) is 8.46. The van der Waals surface area contributed by atoms with Crippen molar-refractivity contribution in [3.8, 4) is 0 Å². The number of hydrogen-bond donors (Lipinski definition) is 0. The van der Waals surface area contributed by atoms with Gasteiger partial charge in [0.15, 0.2) is 0 Å². The van der Waals surface area contributed by atoms with E-state index >= 15 is 0 Å². The zero-order valence-electron chi connectivity index (χ0n) is 12.2. The molecule has 0 amide bonds. The van der Waals surface area contributed by atoms with Crippen molar-refractivity contribution in [2.24, 2.45) is 11.3 Å². The van der Waals surface area contributed by atoms with Crippen LogP contribution in [0.1, 0.15) is 57.6 Å². The van der Waals surface area contributed by atoms with Gasteiger partial charge in [0.2, 0.25) is 0 Å². The van der Waals surface area contributed by atoms with Gasteiger partial charge in [0, 0.05) is 5.92 Å². The highest BCUT2D eigenvalue weighted by Crippen LogP contribution is 2.36. The highest BCUT2D eigenvalue weighted by Gasteiger charge is 2.22. The summed E-state index contributed by atoms with van der Waals surface area (Å²) in [7, 11) is 0. The maximum atomic E-state index is 2.40. The summed E-state index contributed by atoms with van der Waals surface area (Å²) >= 11 is 0. The van der Waals surface area contributed by atoms with Crippen molar-refractivity contribution in [1.82, 2.24) is 0 Å². The third kappa shape index (κ3) is 3.48. The molecular formula is C18H26. The highest BCUT2D eigenvalue weighted by molar-refractivity contribution is 5.29. The molecule has 0 saturated carbocycles. The Morgan fingerprint density at radius 2 is 1.83 bits per heavy atom. The van der Waals surface area contributed by atoms with E-state index in [0.29, 0.717) is 11.3 Å². The molecule has 0 heterocycles. The van der Waals surface area contributed by atoms with E-state index in [2.05, 4.69) is 64.1 Å². The normalized spacial score (nSPS) is 22.4. The largest absolute Gasteiger partial charge is 0.0822 e. The van der Waals surface area contributed by atoms with Gasteiger partial charge in [-0.3, -0.25) is 0 Å². The average molecular weight is 242 g/mol. The fraction of sp³-hybridized carbons (Fsp3) is 0.556. The minimum atomic E-state index is 0.397. The van der Waals surface area contributed by atoms with Crippen LogP contribution in [0.4, 0.5) is 0 Å². The predicted molar refractivity (Wildman–Crippen MR) is 79.9 cm³/mol. The fourth-order valence-electron chi connectivity index (χ4n) is 2.73. The van der Waals surface area contributed by atoms with Crippen molar-refractivity contribution in [2.75, 3.05) is 0 Å². The first kappa shape index (κ1) is 13.4. The molecule has 0 heteroatoms. The Bertz CT molecular complexity index is 406. The topological polar surface area (TPSA) is 0 Å². The number of benzene rings is 1. The van der Waals surface area contributed by atoms with Gasteiger partial charge in [-0.2, -0.15) is 0 Å². The van der Waals surface area contributed by atoms with E-state index in [-0.39, 0.29) is 0 Å². The molecule has 0 aliphatic heterocycles. The molecule has 0 radical (unpaired) electrons. The molecular weight excluding hydrogens is 216 g/mol. The van der Waals surface area contributed by atoms with E-state index in [4.69, 9.17) is 0 Å². The molecule has 1 aromatic carbocycles. The smallest absolute Gasteiger partial charge is 0.00184 e. The zero-order chi connectivity index (χ0) is 13.2. The van der Waals surface area contributed by atoms with Crippen molar-refractivity contribution in [1.29, 1.82) is 0 Å². The van der Waals surface area contributed by atoms with Crippen LogP contribution < -0.4 is 0 Å². The summed E-state index contributed by atoms with van der Waals surface area (Å²) in [6, 6.07) is 9.27. The minimum Gasteiger partial charge on any atom is -0.0822 e. The number of allylic oxidation sites excluding steroid dienone is 2. The van der Waals surface area contributed by atoms with E-state index < -0.39 is 0 Å². The summed E-state index contributed by atoms with van der Waals surface area (Å²) < 4.78 is 0. The Labute approximate surface area is 112 Å². The van der Waals surface area contributed by atoms with Crippen LogP contribution in [0.3, 0.4) is 0 Å². The Morgan fingerprint density at radius 3 is 2.33 bits per heavy atom. The van der Waals surface area contributed by atoms with Gasteiger partial charge >= 0.3 is 0 Å². The lowest BCUT2D eigenvalue weighted by molar-refractivity contribution is 0.389. The van der Waals surface area contributed by atoms with E-state index in [1.807, 2.05) is 0 Å². The third-order valence-corrected chi connectivity index (χ3v) is 3.93. The third-order valence-electron chi connectivity index (χ3n) is 3.93. The lowest BCUT2D eigenvalue weighted by Crippen LogP contribution is -2.14. The van der Waals surface area contributed by atoms with Crippen LogP contribution in [-0.2, 0) is 6.42 Å². The van der Waals surface area contributed by atoms with Crippen molar-refractivity contribution in [3.05, 3.63) is 47.5 Å². The summed E-state index contributed by atoms with van der Waals surface area (Å²) in [6.45, 7) is 9.21. The number of rotatable bonds is 3. The molecule has 0 fully saturated rings.